The fourth-order valence-electron chi connectivity index (χ4n) is 3.12. The number of benzene rings is 2. The van der Waals surface area contributed by atoms with Gasteiger partial charge in [-0.3, -0.25) is 9.10 Å². The van der Waals surface area contributed by atoms with Gasteiger partial charge < -0.3 is 5.32 Å². The van der Waals surface area contributed by atoms with Crippen LogP contribution in [0.2, 0.25) is 5.02 Å². The van der Waals surface area contributed by atoms with Crippen molar-refractivity contribution in [2.24, 2.45) is 0 Å². The minimum Gasteiger partial charge on any atom is -0.386 e. The van der Waals surface area contributed by atoms with Crippen molar-refractivity contribution in [1.82, 2.24) is 5.32 Å². The summed E-state index contributed by atoms with van der Waals surface area (Å²) in [6.45, 7) is 0.246. The molecule has 1 N–H and O–H groups in total. The maximum atomic E-state index is 13.6. The third-order valence-electron chi connectivity index (χ3n) is 4.58. The number of hydrogen-bond acceptors (Lipinski definition) is 5. The zero-order valence-electron chi connectivity index (χ0n) is 15.5. The van der Waals surface area contributed by atoms with Crippen molar-refractivity contribution < 1.29 is 17.6 Å². The Balaban J connectivity index is 1.66. The van der Waals surface area contributed by atoms with E-state index in [4.69, 9.17) is 11.6 Å². The van der Waals surface area contributed by atoms with Crippen LogP contribution < -0.4 is 9.62 Å². The first kappa shape index (κ1) is 20.6. The number of halogens is 2. The molecule has 1 aliphatic rings. The van der Waals surface area contributed by atoms with Gasteiger partial charge in [0.15, 0.2) is 4.91 Å². The van der Waals surface area contributed by atoms with Crippen LogP contribution in [0, 0.1) is 5.82 Å². The summed E-state index contributed by atoms with van der Waals surface area (Å²) in [6, 6.07) is 14.4. The summed E-state index contributed by atoms with van der Waals surface area (Å²) in [6.07, 6.45) is 1.23. The Kier molecular flexibility index (Phi) is 5.64. The van der Waals surface area contributed by atoms with Crippen molar-refractivity contribution in [3.8, 4) is 0 Å². The lowest BCUT2D eigenvalue weighted by Crippen LogP contribution is -2.38. The summed E-state index contributed by atoms with van der Waals surface area (Å²) in [7, 11) is -4.12. The molecule has 3 aromatic rings. The molecule has 2 heterocycles. The van der Waals surface area contributed by atoms with Crippen LogP contribution in [0.1, 0.15) is 20.8 Å². The molecule has 0 amide bonds. The van der Waals surface area contributed by atoms with E-state index in [0.29, 0.717) is 27.7 Å². The van der Waals surface area contributed by atoms with Gasteiger partial charge in [-0.05, 0) is 46.8 Å². The fourth-order valence-corrected chi connectivity index (χ4v) is 5.75. The Morgan fingerprint density at radius 1 is 1.10 bits per heavy atom. The van der Waals surface area contributed by atoms with E-state index in [2.05, 4.69) is 5.32 Å². The van der Waals surface area contributed by atoms with Gasteiger partial charge in [-0.1, -0.05) is 35.9 Å². The molecule has 1 aliphatic heterocycles. The molecule has 5 nitrogen and oxygen atoms in total. The summed E-state index contributed by atoms with van der Waals surface area (Å²) in [5.74, 6) is -1.01. The topological polar surface area (TPSA) is 66.5 Å². The summed E-state index contributed by atoms with van der Waals surface area (Å²) in [4.78, 5) is 12.8. The maximum Gasteiger partial charge on any atom is 0.270 e. The van der Waals surface area contributed by atoms with Gasteiger partial charge in [-0.2, -0.15) is 0 Å². The number of rotatable bonds is 5. The quantitative estimate of drug-likeness (QED) is 0.558. The molecule has 9 heteroatoms. The molecule has 0 unspecified atom stereocenters. The van der Waals surface area contributed by atoms with Crippen LogP contribution in [0.4, 0.5) is 10.1 Å². The molecule has 4 rings (SSSR count). The third kappa shape index (κ3) is 3.98. The zero-order chi connectivity index (χ0) is 21.3. The van der Waals surface area contributed by atoms with Crippen molar-refractivity contribution in [2.75, 3.05) is 4.31 Å². The standard InChI is InChI=1S/C21H16ClFN2O3S2/c22-16-6-4-14(5-7-16)11-24-12-19-20(26)21-18(8-9-29-21)25(30(19,27)28)13-15-2-1-3-17(23)10-15/h1-10,12,24H,11,13H2/b19-12-. The maximum absolute atomic E-state index is 13.6. The number of nitrogens with one attached hydrogen (secondary N) is 1. The van der Waals surface area contributed by atoms with E-state index in [-0.39, 0.29) is 11.4 Å². The zero-order valence-corrected chi connectivity index (χ0v) is 17.9. The van der Waals surface area contributed by atoms with Crippen molar-refractivity contribution >= 4 is 44.4 Å². The molecule has 2 aromatic carbocycles. The van der Waals surface area contributed by atoms with Gasteiger partial charge in [0, 0.05) is 17.8 Å². The Morgan fingerprint density at radius 2 is 1.87 bits per heavy atom. The van der Waals surface area contributed by atoms with Crippen molar-refractivity contribution in [3.63, 3.8) is 0 Å². The third-order valence-corrected chi connectivity index (χ3v) is 7.50. The molecule has 0 bridgehead atoms. The number of sulfonamides is 1. The summed E-state index contributed by atoms with van der Waals surface area (Å²) in [5, 5.41) is 5.17. The lowest BCUT2D eigenvalue weighted by atomic mass is 10.2. The number of anilines is 1. The molecule has 0 saturated carbocycles. The average molecular weight is 463 g/mol. The minimum absolute atomic E-state index is 0.0777. The van der Waals surface area contributed by atoms with Crippen molar-refractivity contribution in [1.29, 1.82) is 0 Å². The van der Waals surface area contributed by atoms with Crippen LogP contribution in [-0.2, 0) is 23.1 Å². The number of allylic oxidation sites excluding steroid dienone is 1. The molecule has 154 valence electrons. The number of fused-ring (bicyclic) bond motifs is 1. The lowest BCUT2D eigenvalue weighted by molar-refractivity contribution is 0.104. The van der Waals surface area contributed by atoms with Crippen LogP contribution in [0.25, 0.3) is 0 Å². The minimum atomic E-state index is -4.12. The van der Waals surface area contributed by atoms with Crippen LogP contribution in [0.5, 0.6) is 0 Å². The molecule has 0 radical (unpaired) electrons. The Hall–Kier alpha value is -2.68. The van der Waals surface area contributed by atoms with Crippen molar-refractivity contribution in [3.05, 3.63) is 97.9 Å². The highest BCUT2D eigenvalue weighted by molar-refractivity contribution is 7.97. The molecule has 30 heavy (non-hydrogen) atoms. The SMILES string of the molecule is O=C1/C(=C/NCc2ccc(Cl)cc2)S(=O)(=O)N(Cc2cccc(F)c2)c2ccsc21. The second kappa shape index (κ2) is 8.22. The smallest absolute Gasteiger partial charge is 0.270 e. The summed E-state index contributed by atoms with van der Waals surface area (Å²) in [5.41, 5.74) is 1.67. The van der Waals surface area contributed by atoms with E-state index in [9.17, 15) is 17.6 Å². The molecule has 0 fully saturated rings. The normalized spacial score (nSPS) is 16.5. The van der Waals surface area contributed by atoms with Gasteiger partial charge in [0.1, 0.15) is 10.7 Å². The van der Waals surface area contributed by atoms with Gasteiger partial charge in [-0.15, -0.1) is 11.3 Å². The number of nitrogens with zero attached hydrogens (tertiary/aromatic N) is 1. The van der Waals surface area contributed by atoms with Gasteiger partial charge >= 0.3 is 0 Å². The van der Waals surface area contributed by atoms with E-state index < -0.39 is 21.6 Å². The molecule has 0 saturated heterocycles. The molecule has 0 atom stereocenters. The number of hydrogen-bond donors (Lipinski definition) is 1. The van der Waals surface area contributed by atoms with Gasteiger partial charge in [0.05, 0.1) is 12.2 Å². The Labute approximate surface area is 182 Å². The first-order valence-corrected chi connectivity index (χ1v) is 11.6. The number of thiophene rings is 1. The van der Waals surface area contributed by atoms with E-state index in [1.165, 1.54) is 35.7 Å². The summed E-state index contributed by atoms with van der Waals surface area (Å²) < 4.78 is 41.2. The number of Topliss-reactive ketones (excluding diaryl/α,β-unsaturated/α-hetero) is 1. The molecular weight excluding hydrogens is 447 g/mol. The first-order valence-electron chi connectivity index (χ1n) is 8.93. The van der Waals surface area contributed by atoms with Crippen LogP contribution in [-0.4, -0.2) is 14.2 Å². The first-order chi connectivity index (χ1) is 14.4. The number of carbonyl (C=O) groups excluding carboxylic acids is 1. The second-order valence-electron chi connectivity index (χ2n) is 6.62. The van der Waals surface area contributed by atoms with Crippen molar-refractivity contribution in [2.45, 2.75) is 13.1 Å². The highest BCUT2D eigenvalue weighted by Crippen LogP contribution is 2.39. The summed E-state index contributed by atoms with van der Waals surface area (Å²) >= 11 is 7.04. The second-order valence-corrected chi connectivity index (χ2v) is 9.80. The van der Waals surface area contributed by atoms with E-state index in [0.717, 1.165) is 9.87 Å². The van der Waals surface area contributed by atoms with Gasteiger partial charge in [0.2, 0.25) is 5.78 Å². The number of carbonyl (C=O) groups is 1. The fraction of sp³-hybridized carbons (Fsp3) is 0.0952. The predicted octanol–water partition coefficient (Wildman–Crippen LogP) is 4.70. The highest BCUT2D eigenvalue weighted by Gasteiger charge is 2.41. The molecule has 1 aromatic heterocycles. The lowest BCUT2D eigenvalue weighted by Gasteiger charge is -2.29. The van der Waals surface area contributed by atoms with Crippen LogP contribution in [0.15, 0.2) is 71.1 Å². The highest BCUT2D eigenvalue weighted by atomic mass is 35.5. The van der Waals surface area contributed by atoms with E-state index >= 15 is 0 Å². The Bertz CT molecular complexity index is 1240. The molecule has 0 spiro atoms. The van der Waals surface area contributed by atoms with Gasteiger partial charge in [-0.25, -0.2) is 12.8 Å². The average Bonchev–Trinajstić information content (AvgIpc) is 3.19. The number of ketones is 1. The van der Waals surface area contributed by atoms with Gasteiger partial charge in [0.25, 0.3) is 10.0 Å². The van der Waals surface area contributed by atoms with E-state index in [1.807, 2.05) is 0 Å². The predicted molar refractivity (Wildman–Crippen MR) is 117 cm³/mol. The molecular formula is C21H16ClFN2O3S2. The Morgan fingerprint density at radius 3 is 2.60 bits per heavy atom. The van der Waals surface area contributed by atoms with Crippen LogP contribution in [0.3, 0.4) is 0 Å². The van der Waals surface area contributed by atoms with Crippen LogP contribution >= 0.6 is 22.9 Å². The monoisotopic (exact) mass is 462 g/mol. The molecule has 0 aliphatic carbocycles. The van der Waals surface area contributed by atoms with E-state index in [1.54, 1.807) is 41.8 Å². The largest absolute Gasteiger partial charge is 0.386 e.